The summed E-state index contributed by atoms with van der Waals surface area (Å²) >= 11 is 0. The van der Waals surface area contributed by atoms with E-state index in [0.29, 0.717) is 0 Å². The van der Waals surface area contributed by atoms with E-state index < -0.39 is 0 Å². The van der Waals surface area contributed by atoms with E-state index in [9.17, 15) is 0 Å². The molecule has 1 saturated carbocycles. The molecular formula is C12H27N. The molecule has 0 heterocycles. The molecule has 0 aromatic rings. The van der Waals surface area contributed by atoms with Crippen LogP contribution in [-0.4, -0.2) is 6.54 Å². The van der Waals surface area contributed by atoms with Crippen molar-refractivity contribution in [3.63, 3.8) is 0 Å². The highest BCUT2D eigenvalue weighted by Gasteiger charge is 2.16. The molecule has 0 aromatic carbocycles. The van der Waals surface area contributed by atoms with Gasteiger partial charge in [-0.15, -0.1) is 0 Å². The van der Waals surface area contributed by atoms with Gasteiger partial charge in [-0.2, -0.15) is 0 Å². The summed E-state index contributed by atoms with van der Waals surface area (Å²) in [6.07, 6.45) is 8.44. The van der Waals surface area contributed by atoms with Gasteiger partial charge in [0.15, 0.2) is 0 Å². The lowest BCUT2D eigenvalue weighted by Gasteiger charge is -2.25. The molecule has 80 valence electrons. The molecule has 0 saturated heterocycles. The summed E-state index contributed by atoms with van der Waals surface area (Å²) in [4.78, 5) is 0. The van der Waals surface area contributed by atoms with Crippen molar-refractivity contribution in [3.8, 4) is 0 Å². The second-order valence-corrected chi connectivity index (χ2v) is 4.06. The van der Waals surface area contributed by atoms with Crippen LogP contribution in [0.25, 0.3) is 0 Å². The molecule has 0 bridgehead atoms. The third-order valence-electron chi connectivity index (χ3n) is 2.95. The molecule has 1 aliphatic carbocycles. The van der Waals surface area contributed by atoms with Crippen molar-refractivity contribution in [2.75, 3.05) is 6.54 Å². The van der Waals surface area contributed by atoms with Crippen LogP contribution in [0.5, 0.6) is 0 Å². The fourth-order valence-corrected chi connectivity index (χ4v) is 2.02. The zero-order chi connectivity index (χ0) is 10.1. The number of nitrogens with two attached hydrogens (primary N) is 1. The van der Waals surface area contributed by atoms with E-state index in [1.54, 1.807) is 0 Å². The van der Waals surface area contributed by atoms with E-state index >= 15 is 0 Å². The van der Waals surface area contributed by atoms with Gasteiger partial charge in [-0.1, -0.05) is 46.5 Å². The first kappa shape index (κ1) is 13.0. The quantitative estimate of drug-likeness (QED) is 0.714. The first-order chi connectivity index (χ1) is 6.33. The normalized spacial score (nSPS) is 27.7. The van der Waals surface area contributed by atoms with E-state index in [4.69, 9.17) is 5.73 Å². The summed E-state index contributed by atoms with van der Waals surface area (Å²) in [5.41, 5.74) is 5.47. The lowest BCUT2D eigenvalue weighted by molar-refractivity contribution is 0.274. The van der Waals surface area contributed by atoms with Crippen molar-refractivity contribution < 1.29 is 0 Å². The number of rotatable bonds is 3. The summed E-state index contributed by atoms with van der Waals surface area (Å²) in [5, 5.41) is 0. The highest BCUT2D eigenvalue weighted by molar-refractivity contribution is 4.69. The van der Waals surface area contributed by atoms with Crippen LogP contribution in [0, 0.1) is 11.8 Å². The van der Waals surface area contributed by atoms with Crippen molar-refractivity contribution in [2.45, 2.75) is 59.3 Å². The van der Waals surface area contributed by atoms with E-state index in [0.717, 1.165) is 18.4 Å². The van der Waals surface area contributed by atoms with Crippen LogP contribution in [0.15, 0.2) is 0 Å². The monoisotopic (exact) mass is 185 g/mol. The molecule has 1 rings (SSSR count). The molecule has 2 N–H and O–H groups in total. The summed E-state index contributed by atoms with van der Waals surface area (Å²) in [7, 11) is 0. The Kier molecular flexibility index (Phi) is 8.53. The minimum absolute atomic E-state index is 0.881. The predicted octanol–water partition coefficient (Wildman–Crippen LogP) is 3.58. The van der Waals surface area contributed by atoms with Gasteiger partial charge >= 0.3 is 0 Å². The molecule has 0 amide bonds. The topological polar surface area (TPSA) is 26.0 Å². The Morgan fingerprint density at radius 3 is 2.08 bits per heavy atom. The standard InChI is InChI=1S/C10H21N.C2H6/c1-9-4-6-10(7-5-9)3-2-8-11;1-2/h9-10H,2-8,11H2,1H3;1-2H3. The van der Waals surface area contributed by atoms with Crippen LogP contribution in [-0.2, 0) is 0 Å². The van der Waals surface area contributed by atoms with Crippen LogP contribution in [0.3, 0.4) is 0 Å². The largest absolute Gasteiger partial charge is 0.330 e. The molecule has 1 fully saturated rings. The molecule has 0 aliphatic heterocycles. The summed E-state index contributed by atoms with van der Waals surface area (Å²) < 4.78 is 0. The fourth-order valence-electron chi connectivity index (χ4n) is 2.02. The van der Waals surface area contributed by atoms with Crippen LogP contribution in [0.1, 0.15) is 59.3 Å². The molecule has 0 aromatic heterocycles. The smallest absolute Gasteiger partial charge is 0.00772 e. The average molecular weight is 185 g/mol. The molecule has 0 radical (unpaired) electrons. The summed E-state index contributed by atoms with van der Waals surface area (Å²) in [6, 6.07) is 0. The van der Waals surface area contributed by atoms with Gasteiger partial charge in [0.25, 0.3) is 0 Å². The highest BCUT2D eigenvalue weighted by Crippen LogP contribution is 2.30. The van der Waals surface area contributed by atoms with E-state index in [1.165, 1.54) is 38.5 Å². The van der Waals surface area contributed by atoms with Crippen molar-refractivity contribution in [1.29, 1.82) is 0 Å². The van der Waals surface area contributed by atoms with Crippen molar-refractivity contribution in [2.24, 2.45) is 17.6 Å². The van der Waals surface area contributed by atoms with Crippen molar-refractivity contribution in [1.82, 2.24) is 0 Å². The zero-order valence-corrected chi connectivity index (χ0v) is 9.68. The van der Waals surface area contributed by atoms with Crippen LogP contribution >= 0.6 is 0 Å². The van der Waals surface area contributed by atoms with Gasteiger partial charge in [-0.05, 0) is 31.2 Å². The van der Waals surface area contributed by atoms with E-state index in [2.05, 4.69) is 6.92 Å². The molecule has 1 aliphatic rings. The van der Waals surface area contributed by atoms with Gasteiger partial charge in [0, 0.05) is 0 Å². The Bertz CT molecular complexity index is 90.5. The second kappa shape index (κ2) is 8.55. The minimum Gasteiger partial charge on any atom is -0.330 e. The van der Waals surface area contributed by atoms with Crippen LogP contribution in [0.2, 0.25) is 0 Å². The lowest BCUT2D eigenvalue weighted by Crippen LogP contribution is -2.13. The minimum atomic E-state index is 0.881. The maximum absolute atomic E-state index is 5.47. The Morgan fingerprint density at radius 2 is 1.62 bits per heavy atom. The Morgan fingerprint density at radius 1 is 1.08 bits per heavy atom. The first-order valence-electron chi connectivity index (χ1n) is 6.03. The zero-order valence-electron chi connectivity index (χ0n) is 9.68. The maximum Gasteiger partial charge on any atom is -0.00772 e. The van der Waals surface area contributed by atoms with Gasteiger partial charge in [-0.3, -0.25) is 0 Å². The molecule has 0 unspecified atom stereocenters. The van der Waals surface area contributed by atoms with Gasteiger partial charge in [0.2, 0.25) is 0 Å². The Balaban J connectivity index is 0.000000671. The SMILES string of the molecule is CC.CC1CCC(CCCN)CC1. The molecule has 1 nitrogen and oxygen atoms in total. The Hall–Kier alpha value is -0.0400. The van der Waals surface area contributed by atoms with Crippen LogP contribution in [0.4, 0.5) is 0 Å². The maximum atomic E-state index is 5.47. The van der Waals surface area contributed by atoms with E-state index in [-0.39, 0.29) is 0 Å². The predicted molar refractivity (Wildman–Crippen MR) is 60.8 cm³/mol. The molecular weight excluding hydrogens is 158 g/mol. The highest BCUT2D eigenvalue weighted by atomic mass is 14.5. The number of hydrogen-bond donors (Lipinski definition) is 1. The van der Waals surface area contributed by atoms with Gasteiger partial charge in [0.1, 0.15) is 0 Å². The van der Waals surface area contributed by atoms with Gasteiger partial charge in [0.05, 0.1) is 0 Å². The van der Waals surface area contributed by atoms with Crippen LogP contribution < -0.4 is 5.73 Å². The van der Waals surface area contributed by atoms with E-state index in [1.807, 2.05) is 13.8 Å². The molecule has 0 atom stereocenters. The van der Waals surface area contributed by atoms with Crippen molar-refractivity contribution in [3.05, 3.63) is 0 Å². The second-order valence-electron chi connectivity index (χ2n) is 4.06. The third-order valence-corrected chi connectivity index (χ3v) is 2.95. The number of hydrogen-bond acceptors (Lipinski definition) is 1. The lowest BCUT2D eigenvalue weighted by atomic mass is 9.81. The van der Waals surface area contributed by atoms with Gasteiger partial charge < -0.3 is 5.73 Å². The summed E-state index contributed by atoms with van der Waals surface area (Å²) in [6.45, 7) is 7.26. The first-order valence-corrected chi connectivity index (χ1v) is 6.03. The summed E-state index contributed by atoms with van der Waals surface area (Å²) in [5.74, 6) is 2.00. The van der Waals surface area contributed by atoms with Crippen molar-refractivity contribution >= 4 is 0 Å². The third kappa shape index (κ3) is 6.09. The molecule has 1 heteroatoms. The fraction of sp³-hybridized carbons (Fsp3) is 1.00. The molecule has 13 heavy (non-hydrogen) atoms. The molecule has 0 spiro atoms. The average Bonchev–Trinajstić information content (AvgIpc) is 2.20. The van der Waals surface area contributed by atoms with Gasteiger partial charge in [-0.25, -0.2) is 0 Å². The Labute approximate surface area is 84.1 Å².